The lowest BCUT2D eigenvalue weighted by Crippen LogP contribution is -2.42. The third kappa shape index (κ3) is 3.04. The van der Waals surface area contributed by atoms with Crippen molar-refractivity contribution in [2.45, 2.75) is 32.4 Å². The average molecular weight is 208 g/mol. The first-order valence-corrected chi connectivity index (χ1v) is 5.82. The standard InChI is InChI=1S/C11H20N4/c1-2-15-7-4-10(5-8-15)12-9-11-3-6-13-14-11/h3,6,10,12H,2,4-5,7-9H2,1H3,(H,13,14). The zero-order valence-electron chi connectivity index (χ0n) is 9.37. The second kappa shape index (κ2) is 5.28. The van der Waals surface area contributed by atoms with Gasteiger partial charge in [-0.2, -0.15) is 5.10 Å². The summed E-state index contributed by atoms with van der Waals surface area (Å²) in [7, 11) is 0. The zero-order valence-corrected chi connectivity index (χ0v) is 9.37. The Morgan fingerprint density at radius 3 is 2.93 bits per heavy atom. The number of aromatic amines is 1. The summed E-state index contributed by atoms with van der Waals surface area (Å²) >= 11 is 0. The van der Waals surface area contributed by atoms with Gasteiger partial charge in [-0.1, -0.05) is 6.92 Å². The molecule has 2 rings (SSSR count). The van der Waals surface area contributed by atoms with Gasteiger partial charge >= 0.3 is 0 Å². The summed E-state index contributed by atoms with van der Waals surface area (Å²) in [4.78, 5) is 2.51. The fourth-order valence-electron chi connectivity index (χ4n) is 2.09. The van der Waals surface area contributed by atoms with E-state index >= 15 is 0 Å². The molecule has 1 aromatic rings. The van der Waals surface area contributed by atoms with E-state index < -0.39 is 0 Å². The molecule has 0 atom stereocenters. The van der Waals surface area contributed by atoms with E-state index in [2.05, 4.69) is 27.3 Å². The van der Waals surface area contributed by atoms with E-state index in [0.29, 0.717) is 6.04 Å². The molecule has 0 amide bonds. The van der Waals surface area contributed by atoms with E-state index in [4.69, 9.17) is 0 Å². The molecule has 2 heterocycles. The first-order valence-electron chi connectivity index (χ1n) is 5.82. The maximum absolute atomic E-state index is 3.94. The third-order valence-corrected chi connectivity index (χ3v) is 3.17. The fraction of sp³-hybridized carbons (Fsp3) is 0.727. The van der Waals surface area contributed by atoms with Crippen molar-refractivity contribution in [3.8, 4) is 0 Å². The Labute approximate surface area is 91.1 Å². The van der Waals surface area contributed by atoms with Gasteiger partial charge in [-0.15, -0.1) is 0 Å². The highest BCUT2D eigenvalue weighted by Crippen LogP contribution is 2.10. The van der Waals surface area contributed by atoms with Crippen molar-refractivity contribution in [3.63, 3.8) is 0 Å². The molecule has 1 aliphatic rings. The molecule has 1 saturated heterocycles. The van der Waals surface area contributed by atoms with Gasteiger partial charge in [0.25, 0.3) is 0 Å². The Kier molecular flexibility index (Phi) is 3.75. The second-order valence-electron chi connectivity index (χ2n) is 4.17. The number of hydrogen-bond donors (Lipinski definition) is 2. The maximum atomic E-state index is 3.94. The number of nitrogens with one attached hydrogen (secondary N) is 2. The molecule has 1 fully saturated rings. The van der Waals surface area contributed by atoms with Gasteiger partial charge in [0.1, 0.15) is 0 Å². The summed E-state index contributed by atoms with van der Waals surface area (Å²) < 4.78 is 0. The summed E-state index contributed by atoms with van der Waals surface area (Å²) in [6, 6.07) is 2.70. The quantitative estimate of drug-likeness (QED) is 0.775. The van der Waals surface area contributed by atoms with Gasteiger partial charge in [0, 0.05) is 24.5 Å². The summed E-state index contributed by atoms with van der Waals surface area (Å²) in [5.41, 5.74) is 1.17. The van der Waals surface area contributed by atoms with Crippen molar-refractivity contribution in [1.29, 1.82) is 0 Å². The van der Waals surface area contributed by atoms with Crippen molar-refractivity contribution in [2.24, 2.45) is 0 Å². The molecule has 1 aromatic heterocycles. The van der Waals surface area contributed by atoms with E-state index in [1.54, 1.807) is 6.20 Å². The lowest BCUT2D eigenvalue weighted by atomic mass is 10.1. The Hall–Kier alpha value is -0.870. The minimum absolute atomic E-state index is 0.677. The number of H-pyrrole nitrogens is 1. The van der Waals surface area contributed by atoms with Crippen LogP contribution in [-0.2, 0) is 6.54 Å². The highest BCUT2D eigenvalue weighted by Gasteiger charge is 2.17. The van der Waals surface area contributed by atoms with Crippen LogP contribution in [0.5, 0.6) is 0 Å². The number of rotatable bonds is 4. The molecule has 4 heteroatoms. The Morgan fingerprint density at radius 1 is 1.53 bits per heavy atom. The number of likely N-dealkylation sites (tertiary alicyclic amines) is 1. The van der Waals surface area contributed by atoms with Crippen molar-refractivity contribution in [2.75, 3.05) is 19.6 Å². The lowest BCUT2D eigenvalue weighted by molar-refractivity contribution is 0.205. The van der Waals surface area contributed by atoms with Crippen LogP contribution in [0.1, 0.15) is 25.5 Å². The normalized spacial score (nSPS) is 19.5. The van der Waals surface area contributed by atoms with Gasteiger partial charge < -0.3 is 10.2 Å². The number of nitrogens with zero attached hydrogens (tertiary/aromatic N) is 2. The lowest BCUT2D eigenvalue weighted by Gasteiger charge is -2.31. The van der Waals surface area contributed by atoms with Crippen LogP contribution in [0.3, 0.4) is 0 Å². The molecule has 15 heavy (non-hydrogen) atoms. The van der Waals surface area contributed by atoms with E-state index in [1.807, 2.05) is 6.07 Å². The highest BCUT2D eigenvalue weighted by molar-refractivity contribution is 4.97. The van der Waals surface area contributed by atoms with Crippen molar-refractivity contribution in [1.82, 2.24) is 20.4 Å². The molecule has 0 aromatic carbocycles. The minimum Gasteiger partial charge on any atom is -0.308 e. The van der Waals surface area contributed by atoms with E-state index in [1.165, 1.54) is 38.2 Å². The molecular formula is C11H20N4. The van der Waals surface area contributed by atoms with E-state index in [0.717, 1.165) is 6.54 Å². The number of piperidine rings is 1. The van der Waals surface area contributed by atoms with Crippen LogP contribution < -0.4 is 5.32 Å². The first kappa shape index (κ1) is 10.6. The van der Waals surface area contributed by atoms with E-state index in [-0.39, 0.29) is 0 Å². The summed E-state index contributed by atoms with van der Waals surface area (Å²) in [5, 5.41) is 10.5. The Balaban J connectivity index is 1.69. The third-order valence-electron chi connectivity index (χ3n) is 3.17. The summed E-state index contributed by atoms with van der Waals surface area (Å²) in [6.07, 6.45) is 4.33. The van der Waals surface area contributed by atoms with Gasteiger partial charge in [-0.3, -0.25) is 5.10 Å². The molecule has 1 aliphatic heterocycles. The van der Waals surface area contributed by atoms with Crippen LogP contribution in [0, 0.1) is 0 Å². The zero-order chi connectivity index (χ0) is 10.5. The molecule has 0 saturated carbocycles. The highest BCUT2D eigenvalue weighted by atomic mass is 15.1. The molecular weight excluding hydrogens is 188 g/mol. The second-order valence-corrected chi connectivity index (χ2v) is 4.17. The van der Waals surface area contributed by atoms with Crippen LogP contribution in [0.15, 0.2) is 12.3 Å². The molecule has 2 N–H and O–H groups in total. The molecule has 0 bridgehead atoms. The van der Waals surface area contributed by atoms with Crippen molar-refractivity contribution < 1.29 is 0 Å². The topological polar surface area (TPSA) is 44.0 Å². The SMILES string of the molecule is CCN1CCC(NCc2ccn[nH]2)CC1. The molecule has 4 nitrogen and oxygen atoms in total. The Morgan fingerprint density at radius 2 is 2.33 bits per heavy atom. The first-order chi connectivity index (χ1) is 7.38. The smallest absolute Gasteiger partial charge is 0.0490 e. The van der Waals surface area contributed by atoms with Crippen LogP contribution >= 0.6 is 0 Å². The fourth-order valence-corrected chi connectivity index (χ4v) is 2.09. The van der Waals surface area contributed by atoms with E-state index in [9.17, 15) is 0 Å². The van der Waals surface area contributed by atoms with Gasteiger partial charge in [-0.05, 0) is 38.5 Å². The maximum Gasteiger partial charge on any atom is 0.0490 e. The summed E-state index contributed by atoms with van der Waals surface area (Å²) in [6.45, 7) is 6.80. The number of aromatic nitrogens is 2. The van der Waals surface area contributed by atoms with Crippen molar-refractivity contribution >= 4 is 0 Å². The summed E-state index contributed by atoms with van der Waals surface area (Å²) in [5.74, 6) is 0. The van der Waals surface area contributed by atoms with Gasteiger partial charge in [0.2, 0.25) is 0 Å². The number of hydrogen-bond acceptors (Lipinski definition) is 3. The van der Waals surface area contributed by atoms with Gasteiger partial charge in [0.15, 0.2) is 0 Å². The van der Waals surface area contributed by atoms with Gasteiger partial charge in [-0.25, -0.2) is 0 Å². The molecule has 0 unspecified atom stereocenters. The van der Waals surface area contributed by atoms with Crippen LogP contribution in [0.2, 0.25) is 0 Å². The monoisotopic (exact) mass is 208 g/mol. The van der Waals surface area contributed by atoms with Crippen molar-refractivity contribution in [3.05, 3.63) is 18.0 Å². The molecule has 0 spiro atoms. The van der Waals surface area contributed by atoms with Crippen LogP contribution in [0.25, 0.3) is 0 Å². The van der Waals surface area contributed by atoms with Gasteiger partial charge in [0.05, 0.1) is 0 Å². The Bertz CT molecular complexity index is 262. The van der Waals surface area contributed by atoms with Crippen LogP contribution in [0.4, 0.5) is 0 Å². The molecule has 84 valence electrons. The molecule has 0 aliphatic carbocycles. The molecule has 0 radical (unpaired) electrons. The predicted octanol–water partition coefficient (Wildman–Crippen LogP) is 0.984. The minimum atomic E-state index is 0.677. The largest absolute Gasteiger partial charge is 0.308 e. The predicted molar refractivity (Wildman–Crippen MR) is 60.6 cm³/mol. The average Bonchev–Trinajstić information content (AvgIpc) is 2.80. The van der Waals surface area contributed by atoms with Crippen LogP contribution in [-0.4, -0.2) is 40.8 Å².